The third kappa shape index (κ3) is 7.51. The van der Waals surface area contributed by atoms with E-state index >= 15 is 0 Å². The van der Waals surface area contributed by atoms with Crippen molar-refractivity contribution in [1.29, 1.82) is 0 Å². The van der Waals surface area contributed by atoms with Crippen LogP contribution in [0.4, 0.5) is 0 Å². The lowest BCUT2D eigenvalue weighted by Gasteiger charge is -2.26. The van der Waals surface area contributed by atoms with Gasteiger partial charge in [0.15, 0.2) is 6.29 Å². The van der Waals surface area contributed by atoms with E-state index in [4.69, 9.17) is 25.4 Å². The first-order chi connectivity index (χ1) is 11.1. The summed E-state index contributed by atoms with van der Waals surface area (Å²) < 4.78 is 22.2. The average molecular weight is 320 g/mol. The first kappa shape index (κ1) is 19.5. The van der Waals surface area contributed by atoms with E-state index in [1.807, 2.05) is 38.1 Å². The number of methoxy groups -OCH3 is 1. The third-order valence-corrected chi connectivity index (χ3v) is 3.53. The van der Waals surface area contributed by atoms with E-state index in [0.29, 0.717) is 26.2 Å². The van der Waals surface area contributed by atoms with Crippen molar-refractivity contribution in [1.82, 2.24) is 0 Å². The van der Waals surface area contributed by atoms with Gasteiger partial charge >= 0.3 is 0 Å². The van der Waals surface area contributed by atoms with Crippen LogP contribution < -0.4 is 4.74 Å². The Morgan fingerprint density at radius 1 is 1.17 bits per heavy atom. The summed E-state index contributed by atoms with van der Waals surface area (Å²) in [6, 6.07) is 7.85. The number of hydrogen-bond donors (Lipinski definition) is 0. The highest BCUT2D eigenvalue weighted by Crippen LogP contribution is 2.16. The van der Waals surface area contributed by atoms with Crippen molar-refractivity contribution in [3.05, 3.63) is 29.8 Å². The van der Waals surface area contributed by atoms with Crippen molar-refractivity contribution >= 4 is 0 Å². The molecule has 4 heteroatoms. The Labute approximate surface area is 140 Å². The molecule has 0 radical (unpaired) electrons. The van der Waals surface area contributed by atoms with Crippen LogP contribution in [-0.4, -0.2) is 32.7 Å². The molecular weight excluding hydrogens is 292 g/mol. The van der Waals surface area contributed by atoms with Gasteiger partial charge in [-0.3, -0.25) is 0 Å². The monoisotopic (exact) mass is 320 g/mol. The Kier molecular flexibility index (Phi) is 9.39. The van der Waals surface area contributed by atoms with Crippen LogP contribution in [0.2, 0.25) is 0 Å². The summed E-state index contributed by atoms with van der Waals surface area (Å²) in [6.45, 7) is 7.66. The number of benzene rings is 1. The van der Waals surface area contributed by atoms with Gasteiger partial charge in [0, 0.05) is 18.9 Å². The second-order valence-electron chi connectivity index (χ2n) is 5.45. The predicted molar refractivity (Wildman–Crippen MR) is 91.2 cm³/mol. The molecule has 0 saturated carbocycles. The van der Waals surface area contributed by atoms with Crippen LogP contribution in [-0.2, 0) is 20.8 Å². The minimum absolute atomic E-state index is 0.0718. The van der Waals surface area contributed by atoms with Crippen molar-refractivity contribution in [3.63, 3.8) is 0 Å². The topological polar surface area (TPSA) is 36.9 Å². The highest BCUT2D eigenvalue weighted by molar-refractivity contribution is 5.26. The zero-order valence-electron chi connectivity index (χ0n) is 14.6. The summed E-state index contributed by atoms with van der Waals surface area (Å²) in [4.78, 5) is 0. The summed E-state index contributed by atoms with van der Waals surface area (Å²) in [5, 5.41) is 0. The molecule has 0 saturated heterocycles. The molecule has 1 unspecified atom stereocenters. The fourth-order valence-electron chi connectivity index (χ4n) is 2.21. The summed E-state index contributed by atoms with van der Waals surface area (Å²) in [5.74, 6) is 3.70. The van der Waals surface area contributed by atoms with E-state index in [9.17, 15) is 0 Å². The van der Waals surface area contributed by atoms with Crippen LogP contribution >= 0.6 is 0 Å². The quantitative estimate of drug-likeness (QED) is 0.461. The largest absolute Gasteiger partial charge is 0.497 e. The molecule has 3 atom stereocenters. The highest BCUT2D eigenvalue weighted by Gasteiger charge is 2.20. The maximum Gasteiger partial charge on any atom is 0.155 e. The Bertz CT molecular complexity index is 463. The van der Waals surface area contributed by atoms with Gasteiger partial charge in [-0.2, -0.15) is 0 Å². The van der Waals surface area contributed by atoms with Crippen molar-refractivity contribution in [2.75, 3.05) is 20.3 Å². The number of ether oxygens (including phenoxy) is 4. The number of terminal acetylenes is 1. The lowest BCUT2D eigenvalue weighted by atomic mass is 10.0. The second-order valence-corrected chi connectivity index (χ2v) is 5.45. The Morgan fingerprint density at radius 2 is 1.87 bits per heavy atom. The molecule has 0 aliphatic heterocycles. The Morgan fingerprint density at radius 3 is 2.43 bits per heavy atom. The molecule has 1 rings (SSSR count). The van der Waals surface area contributed by atoms with Crippen molar-refractivity contribution in [2.24, 2.45) is 5.92 Å². The average Bonchev–Trinajstić information content (AvgIpc) is 2.55. The van der Waals surface area contributed by atoms with E-state index in [1.54, 1.807) is 7.11 Å². The van der Waals surface area contributed by atoms with E-state index in [2.05, 4.69) is 12.8 Å². The molecule has 0 heterocycles. The fourth-order valence-corrected chi connectivity index (χ4v) is 2.21. The van der Waals surface area contributed by atoms with Gasteiger partial charge in [-0.15, -0.1) is 12.3 Å². The molecule has 23 heavy (non-hydrogen) atoms. The van der Waals surface area contributed by atoms with Crippen LogP contribution in [0.5, 0.6) is 5.75 Å². The van der Waals surface area contributed by atoms with Crippen molar-refractivity contribution in [2.45, 2.75) is 46.2 Å². The zero-order chi connectivity index (χ0) is 17.1. The van der Waals surface area contributed by atoms with E-state index in [-0.39, 0.29) is 18.3 Å². The van der Waals surface area contributed by atoms with Gasteiger partial charge < -0.3 is 18.9 Å². The molecule has 128 valence electrons. The summed E-state index contributed by atoms with van der Waals surface area (Å²) >= 11 is 0. The van der Waals surface area contributed by atoms with Gasteiger partial charge in [-0.1, -0.05) is 19.1 Å². The SMILES string of the molecule is C#CC[C@H](OC(C)OCC)[C@@H](C)COCc1ccc(OC)cc1. The molecule has 1 aromatic rings. The highest BCUT2D eigenvalue weighted by atomic mass is 16.7. The Balaban J connectivity index is 2.41. The molecule has 0 aliphatic carbocycles. The van der Waals surface area contributed by atoms with Crippen LogP contribution in [0.3, 0.4) is 0 Å². The maximum atomic E-state index is 5.86. The summed E-state index contributed by atoms with van der Waals surface area (Å²) in [5.41, 5.74) is 1.11. The predicted octanol–water partition coefficient (Wildman–Crippen LogP) is 3.64. The lowest BCUT2D eigenvalue weighted by molar-refractivity contribution is -0.171. The Hall–Kier alpha value is -1.54. The third-order valence-electron chi connectivity index (χ3n) is 3.53. The van der Waals surface area contributed by atoms with E-state index in [1.165, 1.54) is 0 Å². The first-order valence-corrected chi connectivity index (χ1v) is 8.01. The zero-order valence-corrected chi connectivity index (χ0v) is 14.6. The summed E-state index contributed by atoms with van der Waals surface area (Å²) in [7, 11) is 1.65. The first-order valence-electron chi connectivity index (χ1n) is 8.01. The van der Waals surface area contributed by atoms with Crippen LogP contribution in [0.1, 0.15) is 32.8 Å². The molecule has 4 nitrogen and oxygen atoms in total. The molecule has 0 N–H and O–H groups in total. The normalized spacial score (nSPS) is 14.7. The van der Waals surface area contributed by atoms with Gasteiger partial charge in [0.25, 0.3) is 0 Å². The molecule has 0 fully saturated rings. The molecule has 0 aliphatic rings. The van der Waals surface area contributed by atoms with E-state index < -0.39 is 0 Å². The summed E-state index contributed by atoms with van der Waals surface area (Å²) in [6.07, 6.45) is 5.65. The molecule has 0 aromatic heterocycles. The lowest BCUT2D eigenvalue weighted by Crippen LogP contribution is -2.30. The molecule has 1 aromatic carbocycles. The minimum atomic E-state index is -0.262. The minimum Gasteiger partial charge on any atom is -0.497 e. The van der Waals surface area contributed by atoms with Crippen molar-refractivity contribution in [3.8, 4) is 18.1 Å². The van der Waals surface area contributed by atoms with Gasteiger partial charge in [-0.05, 0) is 31.5 Å². The standard InChI is InChI=1S/C19H28O4/c1-6-8-19(23-16(4)22-7-2)15(3)13-21-14-17-9-11-18(20-5)12-10-17/h1,9-12,15-16,19H,7-8,13-14H2,2-5H3/t15-,16?,19-/m0/s1. The van der Waals surface area contributed by atoms with E-state index in [0.717, 1.165) is 11.3 Å². The molecule has 0 amide bonds. The van der Waals surface area contributed by atoms with Crippen LogP contribution in [0.25, 0.3) is 0 Å². The molecule has 0 spiro atoms. The fraction of sp³-hybridized carbons (Fsp3) is 0.579. The van der Waals surface area contributed by atoms with Crippen molar-refractivity contribution < 1.29 is 18.9 Å². The number of rotatable bonds is 11. The van der Waals surface area contributed by atoms with Gasteiger partial charge in [0.1, 0.15) is 5.75 Å². The van der Waals surface area contributed by atoms with Gasteiger partial charge in [-0.25, -0.2) is 0 Å². The number of hydrogen-bond acceptors (Lipinski definition) is 4. The van der Waals surface area contributed by atoms with Crippen LogP contribution in [0.15, 0.2) is 24.3 Å². The van der Waals surface area contributed by atoms with Gasteiger partial charge in [0.2, 0.25) is 0 Å². The van der Waals surface area contributed by atoms with Crippen LogP contribution in [0, 0.1) is 18.3 Å². The van der Waals surface area contributed by atoms with Gasteiger partial charge in [0.05, 0.1) is 26.4 Å². The maximum absolute atomic E-state index is 5.86. The smallest absolute Gasteiger partial charge is 0.155 e. The molecular formula is C19H28O4. The second kappa shape index (κ2) is 11.1. The molecule has 0 bridgehead atoms.